The number of carbonyl (C=O) groups excluding carboxylic acids is 1. The van der Waals surface area contributed by atoms with Crippen LogP contribution in [-0.4, -0.2) is 42.5 Å². The number of para-hydroxylation sites is 1. The number of thiocarbonyl (C=S) groups is 1. The van der Waals surface area contributed by atoms with Crippen LogP contribution in [0.15, 0.2) is 30.3 Å². The number of amides is 1. The van der Waals surface area contributed by atoms with Crippen LogP contribution < -0.4 is 10.6 Å². The van der Waals surface area contributed by atoms with Gasteiger partial charge in [0, 0.05) is 32.2 Å². The average molecular weight is 279 g/mol. The summed E-state index contributed by atoms with van der Waals surface area (Å²) >= 11 is 4.82. The summed E-state index contributed by atoms with van der Waals surface area (Å²) < 4.78 is 0. The molecular formula is C14H21N3OS. The van der Waals surface area contributed by atoms with Gasteiger partial charge in [-0.2, -0.15) is 0 Å². The van der Waals surface area contributed by atoms with E-state index in [1.54, 1.807) is 11.9 Å². The van der Waals surface area contributed by atoms with E-state index in [2.05, 4.69) is 0 Å². The average Bonchev–Trinajstić information content (AvgIpc) is 2.42. The molecular weight excluding hydrogens is 258 g/mol. The first kappa shape index (κ1) is 15.4. The molecule has 0 aliphatic heterocycles. The van der Waals surface area contributed by atoms with Crippen LogP contribution >= 0.6 is 12.2 Å². The summed E-state index contributed by atoms with van der Waals surface area (Å²) in [5, 5.41) is 0. The number of nitrogens with two attached hydrogens (primary N) is 1. The summed E-state index contributed by atoms with van der Waals surface area (Å²) in [5.74, 6) is 0.0713. The molecule has 0 spiro atoms. The predicted molar refractivity (Wildman–Crippen MR) is 83.4 cm³/mol. The molecule has 0 atom stereocenters. The van der Waals surface area contributed by atoms with Crippen molar-refractivity contribution in [2.45, 2.75) is 13.3 Å². The van der Waals surface area contributed by atoms with Gasteiger partial charge in [0.1, 0.15) is 0 Å². The molecule has 0 fully saturated rings. The molecule has 0 saturated carbocycles. The fraction of sp³-hybridized carbons (Fsp3) is 0.429. The van der Waals surface area contributed by atoms with Crippen molar-refractivity contribution in [3.05, 3.63) is 30.3 Å². The van der Waals surface area contributed by atoms with Crippen LogP contribution in [0.5, 0.6) is 0 Å². The van der Waals surface area contributed by atoms with Gasteiger partial charge < -0.3 is 15.5 Å². The summed E-state index contributed by atoms with van der Waals surface area (Å²) in [6.45, 7) is 3.77. The second-order valence-electron chi connectivity index (χ2n) is 4.38. The van der Waals surface area contributed by atoms with E-state index in [9.17, 15) is 4.79 Å². The van der Waals surface area contributed by atoms with E-state index in [4.69, 9.17) is 18.0 Å². The van der Waals surface area contributed by atoms with Crippen LogP contribution in [0.1, 0.15) is 13.3 Å². The van der Waals surface area contributed by atoms with Crippen molar-refractivity contribution < 1.29 is 4.79 Å². The molecule has 19 heavy (non-hydrogen) atoms. The predicted octanol–water partition coefficient (Wildman–Crippen LogP) is 1.65. The Balaban J connectivity index is 2.56. The van der Waals surface area contributed by atoms with Crippen molar-refractivity contribution >= 4 is 28.8 Å². The molecule has 0 heterocycles. The van der Waals surface area contributed by atoms with E-state index in [-0.39, 0.29) is 5.91 Å². The molecule has 1 aromatic rings. The number of benzene rings is 1. The van der Waals surface area contributed by atoms with Gasteiger partial charge in [-0.1, -0.05) is 30.4 Å². The topological polar surface area (TPSA) is 49.6 Å². The van der Waals surface area contributed by atoms with E-state index < -0.39 is 0 Å². The van der Waals surface area contributed by atoms with Crippen LogP contribution in [0, 0.1) is 0 Å². The molecule has 4 nitrogen and oxygen atoms in total. The molecule has 0 saturated heterocycles. The standard InChI is InChI=1S/C14H21N3OS/c1-3-17(12-7-5-4-6-8-12)11-14(18)16(2)10-9-13(15)19/h4-8H,3,9-11H2,1-2H3,(H2,15,19). The SMILES string of the molecule is CCN(CC(=O)N(C)CCC(N)=S)c1ccccc1. The quantitative estimate of drug-likeness (QED) is 0.771. The Bertz CT molecular complexity index is 422. The number of hydrogen-bond donors (Lipinski definition) is 1. The normalized spacial score (nSPS) is 10.0. The van der Waals surface area contributed by atoms with Gasteiger partial charge in [0.15, 0.2) is 0 Å². The molecule has 0 aliphatic carbocycles. The zero-order chi connectivity index (χ0) is 14.3. The minimum absolute atomic E-state index is 0.0713. The van der Waals surface area contributed by atoms with Crippen molar-refractivity contribution in [3.63, 3.8) is 0 Å². The first-order chi connectivity index (χ1) is 9.04. The third kappa shape index (κ3) is 5.26. The largest absolute Gasteiger partial charge is 0.393 e. The van der Waals surface area contributed by atoms with Gasteiger partial charge in [-0.3, -0.25) is 4.79 Å². The van der Waals surface area contributed by atoms with Crippen molar-refractivity contribution in [1.82, 2.24) is 4.90 Å². The van der Waals surface area contributed by atoms with Crippen LogP contribution in [0.4, 0.5) is 5.69 Å². The lowest BCUT2D eigenvalue weighted by molar-refractivity contribution is -0.128. The molecule has 0 radical (unpaired) electrons. The van der Waals surface area contributed by atoms with E-state index in [1.807, 2.05) is 42.2 Å². The number of carbonyl (C=O) groups is 1. The van der Waals surface area contributed by atoms with Gasteiger partial charge >= 0.3 is 0 Å². The summed E-state index contributed by atoms with van der Waals surface area (Å²) in [7, 11) is 1.78. The summed E-state index contributed by atoms with van der Waals surface area (Å²) in [5.41, 5.74) is 6.50. The van der Waals surface area contributed by atoms with Crippen LogP contribution in [0.2, 0.25) is 0 Å². The molecule has 1 rings (SSSR count). The number of anilines is 1. The van der Waals surface area contributed by atoms with Gasteiger partial charge in [-0.05, 0) is 19.1 Å². The summed E-state index contributed by atoms with van der Waals surface area (Å²) in [6, 6.07) is 9.92. The molecule has 2 N–H and O–H groups in total. The highest BCUT2D eigenvalue weighted by Crippen LogP contribution is 2.12. The molecule has 0 aromatic heterocycles. The maximum absolute atomic E-state index is 12.1. The van der Waals surface area contributed by atoms with Crippen LogP contribution in [0.3, 0.4) is 0 Å². The first-order valence-electron chi connectivity index (χ1n) is 6.36. The van der Waals surface area contributed by atoms with Crippen molar-refractivity contribution in [2.24, 2.45) is 5.73 Å². The van der Waals surface area contributed by atoms with Gasteiger partial charge in [-0.15, -0.1) is 0 Å². The highest BCUT2D eigenvalue weighted by molar-refractivity contribution is 7.80. The fourth-order valence-electron chi connectivity index (χ4n) is 1.71. The Labute approximate surface area is 120 Å². The van der Waals surface area contributed by atoms with Gasteiger partial charge in [0.25, 0.3) is 0 Å². The Morgan fingerprint density at radius 1 is 1.32 bits per heavy atom. The second-order valence-corrected chi connectivity index (χ2v) is 4.91. The van der Waals surface area contributed by atoms with E-state index in [1.165, 1.54) is 0 Å². The molecule has 0 aliphatic rings. The van der Waals surface area contributed by atoms with Crippen LogP contribution in [-0.2, 0) is 4.79 Å². The third-order valence-corrected chi connectivity index (χ3v) is 3.15. The molecule has 5 heteroatoms. The third-order valence-electron chi connectivity index (χ3n) is 2.95. The Morgan fingerprint density at radius 3 is 2.47 bits per heavy atom. The lowest BCUT2D eigenvalue weighted by Gasteiger charge is -2.25. The molecule has 104 valence electrons. The summed E-state index contributed by atoms with van der Waals surface area (Å²) in [4.78, 5) is 16.3. The van der Waals surface area contributed by atoms with Crippen molar-refractivity contribution in [1.29, 1.82) is 0 Å². The van der Waals surface area contributed by atoms with Crippen molar-refractivity contribution in [2.75, 3.05) is 31.6 Å². The molecule has 0 unspecified atom stereocenters. The minimum Gasteiger partial charge on any atom is -0.393 e. The lowest BCUT2D eigenvalue weighted by Crippen LogP contribution is -2.39. The molecule has 1 amide bonds. The fourth-order valence-corrected chi connectivity index (χ4v) is 1.80. The molecule has 0 bridgehead atoms. The monoisotopic (exact) mass is 279 g/mol. The zero-order valence-corrected chi connectivity index (χ0v) is 12.3. The van der Waals surface area contributed by atoms with Crippen LogP contribution in [0.25, 0.3) is 0 Å². The smallest absolute Gasteiger partial charge is 0.241 e. The number of likely N-dealkylation sites (N-methyl/N-ethyl adjacent to an activating group) is 2. The Hall–Kier alpha value is -1.62. The van der Waals surface area contributed by atoms with Gasteiger partial charge in [0.05, 0.1) is 11.5 Å². The van der Waals surface area contributed by atoms with Gasteiger partial charge in [0.2, 0.25) is 5.91 Å². The van der Waals surface area contributed by atoms with Crippen molar-refractivity contribution in [3.8, 4) is 0 Å². The highest BCUT2D eigenvalue weighted by Gasteiger charge is 2.13. The van der Waals surface area contributed by atoms with Gasteiger partial charge in [-0.25, -0.2) is 0 Å². The number of nitrogens with zero attached hydrogens (tertiary/aromatic N) is 2. The number of hydrogen-bond acceptors (Lipinski definition) is 3. The summed E-state index contributed by atoms with van der Waals surface area (Å²) in [6.07, 6.45) is 0.565. The molecule has 1 aromatic carbocycles. The van der Waals surface area contributed by atoms with E-state index in [0.29, 0.717) is 24.5 Å². The lowest BCUT2D eigenvalue weighted by atomic mass is 10.3. The maximum Gasteiger partial charge on any atom is 0.241 e. The zero-order valence-electron chi connectivity index (χ0n) is 11.5. The second kappa shape index (κ2) is 7.74. The maximum atomic E-state index is 12.1. The van der Waals surface area contributed by atoms with E-state index in [0.717, 1.165) is 12.2 Å². The number of rotatable bonds is 7. The Morgan fingerprint density at radius 2 is 1.95 bits per heavy atom. The Kier molecular flexibility index (Phi) is 6.29. The highest BCUT2D eigenvalue weighted by atomic mass is 32.1. The van der Waals surface area contributed by atoms with E-state index >= 15 is 0 Å². The first-order valence-corrected chi connectivity index (χ1v) is 6.77. The minimum atomic E-state index is 0.0713.